The quantitative estimate of drug-likeness (QED) is 0.266. The second-order valence-corrected chi connectivity index (χ2v) is 7.90. The van der Waals surface area contributed by atoms with Crippen molar-refractivity contribution in [2.45, 2.75) is 6.85 Å². The third kappa shape index (κ3) is 2.26. The number of furan rings is 1. The number of para-hydroxylation sites is 2. The van der Waals surface area contributed by atoms with Crippen LogP contribution in [0.15, 0.2) is 95.7 Å². The minimum atomic E-state index is -2.27. The normalized spacial score (nSPS) is 13.9. The lowest BCUT2D eigenvalue weighted by molar-refractivity contribution is 0.666. The van der Waals surface area contributed by atoms with Crippen molar-refractivity contribution in [2.75, 3.05) is 0 Å². The van der Waals surface area contributed by atoms with Crippen molar-refractivity contribution < 1.29 is 8.53 Å². The van der Waals surface area contributed by atoms with Gasteiger partial charge in [0.2, 0.25) is 0 Å². The molecule has 0 unspecified atom stereocenters. The van der Waals surface area contributed by atoms with Crippen LogP contribution in [0.5, 0.6) is 0 Å². The van der Waals surface area contributed by atoms with Gasteiger partial charge in [-0.15, -0.1) is 0 Å². The molecule has 5 aromatic carbocycles. The summed E-state index contributed by atoms with van der Waals surface area (Å²) < 4.78 is 33.0. The van der Waals surface area contributed by atoms with Gasteiger partial charge in [0.05, 0.1) is 16.7 Å². The van der Waals surface area contributed by atoms with E-state index in [2.05, 4.69) is 29.2 Å². The molecule has 0 radical (unpaired) electrons. The monoisotopic (exact) mass is 401 g/mol. The fourth-order valence-electron chi connectivity index (χ4n) is 4.71. The summed E-state index contributed by atoms with van der Waals surface area (Å²) in [5.74, 6) is 0. The predicted octanol–water partition coefficient (Wildman–Crippen LogP) is 7.54. The van der Waals surface area contributed by atoms with Gasteiger partial charge in [0.15, 0.2) is 5.58 Å². The first kappa shape index (κ1) is 14.0. The van der Waals surface area contributed by atoms with Crippen LogP contribution in [-0.4, -0.2) is 9.55 Å². The number of nitrogens with zero attached hydrogens (tertiary/aromatic N) is 2. The van der Waals surface area contributed by atoms with Crippen LogP contribution in [-0.2, 0) is 0 Å². The van der Waals surface area contributed by atoms with Crippen molar-refractivity contribution >= 4 is 54.5 Å². The number of benzene rings is 5. The fraction of sp³-hybridized carbons (Fsp3) is 0.0357. The molecule has 0 fully saturated rings. The van der Waals surface area contributed by atoms with Crippen LogP contribution in [0.2, 0.25) is 0 Å². The van der Waals surface area contributed by atoms with Crippen molar-refractivity contribution in [2.24, 2.45) is 0 Å². The van der Waals surface area contributed by atoms with E-state index < -0.39 is 6.85 Å². The van der Waals surface area contributed by atoms with E-state index in [9.17, 15) is 0 Å². The molecule has 0 saturated carbocycles. The Morgan fingerprint density at radius 2 is 1.68 bits per heavy atom. The maximum Gasteiger partial charge on any atom is 0.159 e. The standard InChI is InChI=1S/C28H18N2O/c1-17-10-13-25(30-16-29-23-8-4-5-9-24(23)30)28-27(17)22-14-19-12-11-18-6-2-3-7-20(18)21(19)15-26(22)31-28/h2-16H,1H3/i1D3. The van der Waals surface area contributed by atoms with E-state index in [0.717, 1.165) is 43.7 Å². The van der Waals surface area contributed by atoms with E-state index in [-0.39, 0.29) is 5.56 Å². The molecule has 2 aromatic heterocycles. The second-order valence-electron chi connectivity index (χ2n) is 7.90. The zero-order valence-corrected chi connectivity index (χ0v) is 16.5. The first-order valence-corrected chi connectivity index (χ1v) is 10.2. The van der Waals surface area contributed by atoms with E-state index in [4.69, 9.17) is 8.53 Å². The summed E-state index contributed by atoms with van der Waals surface area (Å²) in [6, 6.07) is 27.9. The van der Waals surface area contributed by atoms with Gasteiger partial charge >= 0.3 is 0 Å². The molecule has 0 aliphatic carbocycles. The molecular formula is C28H18N2O. The molecule has 0 bridgehead atoms. The highest BCUT2D eigenvalue weighted by molar-refractivity contribution is 6.17. The molecule has 0 aliphatic rings. The molecule has 31 heavy (non-hydrogen) atoms. The smallest absolute Gasteiger partial charge is 0.159 e. The number of hydrogen-bond donors (Lipinski definition) is 0. The van der Waals surface area contributed by atoms with Crippen LogP contribution < -0.4 is 0 Å². The first-order chi connectivity index (χ1) is 16.5. The molecule has 3 heteroatoms. The highest BCUT2D eigenvalue weighted by atomic mass is 16.3. The highest BCUT2D eigenvalue weighted by Crippen LogP contribution is 2.39. The fourth-order valence-corrected chi connectivity index (χ4v) is 4.71. The zero-order chi connectivity index (χ0) is 23.0. The Labute approximate surface area is 182 Å². The topological polar surface area (TPSA) is 31.0 Å². The molecule has 0 N–H and O–H groups in total. The molecule has 2 heterocycles. The minimum absolute atomic E-state index is 0.287. The molecule has 3 nitrogen and oxygen atoms in total. The number of hydrogen-bond acceptors (Lipinski definition) is 2. The summed E-state index contributed by atoms with van der Waals surface area (Å²) in [5.41, 5.74) is 4.06. The van der Waals surface area contributed by atoms with Crippen LogP contribution in [0.1, 0.15) is 9.68 Å². The maximum absolute atomic E-state index is 8.19. The van der Waals surface area contributed by atoms with Crippen molar-refractivity contribution in [3.05, 3.63) is 96.8 Å². The lowest BCUT2D eigenvalue weighted by Gasteiger charge is -2.07. The summed E-state index contributed by atoms with van der Waals surface area (Å²) in [4.78, 5) is 4.52. The summed E-state index contributed by atoms with van der Waals surface area (Å²) >= 11 is 0. The van der Waals surface area contributed by atoms with E-state index >= 15 is 0 Å². The Hall–Kier alpha value is -4.11. The molecule has 0 aliphatic heterocycles. The van der Waals surface area contributed by atoms with Crippen LogP contribution in [0.25, 0.3) is 60.2 Å². The van der Waals surface area contributed by atoms with Crippen LogP contribution in [0.4, 0.5) is 0 Å². The Bertz CT molecular complexity index is 1910. The lowest BCUT2D eigenvalue weighted by atomic mass is 9.99. The van der Waals surface area contributed by atoms with E-state index in [1.165, 1.54) is 0 Å². The van der Waals surface area contributed by atoms with Gasteiger partial charge in [-0.25, -0.2) is 4.98 Å². The Kier molecular flexibility index (Phi) is 2.69. The number of rotatable bonds is 1. The minimum Gasteiger partial charge on any atom is -0.454 e. The van der Waals surface area contributed by atoms with Gasteiger partial charge in [0.1, 0.15) is 11.9 Å². The van der Waals surface area contributed by atoms with Crippen molar-refractivity contribution in [1.82, 2.24) is 9.55 Å². The van der Waals surface area contributed by atoms with Gasteiger partial charge in [-0.3, -0.25) is 4.57 Å². The van der Waals surface area contributed by atoms with Crippen molar-refractivity contribution in [3.63, 3.8) is 0 Å². The predicted molar refractivity (Wildman–Crippen MR) is 128 cm³/mol. The Morgan fingerprint density at radius 3 is 2.65 bits per heavy atom. The number of imidazole rings is 1. The zero-order valence-electron chi connectivity index (χ0n) is 19.5. The number of aryl methyl sites for hydroxylation is 1. The average Bonchev–Trinajstić information content (AvgIpc) is 3.43. The molecule has 7 aromatic rings. The van der Waals surface area contributed by atoms with Crippen LogP contribution in [0, 0.1) is 6.85 Å². The molecule has 146 valence electrons. The van der Waals surface area contributed by atoms with Gasteiger partial charge in [-0.05, 0) is 64.3 Å². The molecular weight excluding hydrogens is 380 g/mol. The molecule has 0 saturated heterocycles. The first-order valence-electron chi connectivity index (χ1n) is 11.7. The van der Waals surface area contributed by atoms with E-state index in [0.29, 0.717) is 16.6 Å². The lowest BCUT2D eigenvalue weighted by Crippen LogP contribution is -1.93. The van der Waals surface area contributed by atoms with Crippen molar-refractivity contribution in [3.8, 4) is 5.69 Å². The summed E-state index contributed by atoms with van der Waals surface area (Å²) in [6.45, 7) is -2.27. The van der Waals surface area contributed by atoms with Gasteiger partial charge in [0.25, 0.3) is 0 Å². The van der Waals surface area contributed by atoms with Crippen LogP contribution in [0.3, 0.4) is 0 Å². The summed E-state index contributed by atoms with van der Waals surface area (Å²) in [7, 11) is 0. The third-order valence-electron chi connectivity index (χ3n) is 6.18. The molecule has 0 atom stereocenters. The Morgan fingerprint density at radius 1 is 0.806 bits per heavy atom. The Balaban J connectivity index is 1.64. The SMILES string of the molecule is [2H]C([2H])([2H])c1ccc(-n2cnc3ccccc32)c2oc3cc4c(ccc5ccccc54)cc3c12. The molecule has 0 spiro atoms. The molecule has 7 rings (SSSR count). The number of aromatic nitrogens is 2. The summed E-state index contributed by atoms with van der Waals surface area (Å²) in [5, 5.41) is 5.84. The third-order valence-corrected chi connectivity index (χ3v) is 6.18. The van der Waals surface area contributed by atoms with Crippen molar-refractivity contribution in [1.29, 1.82) is 0 Å². The number of fused-ring (bicyclic) bond motifs is 7. The highest BCUT2D eigenvalue weighted by Gasteiger charge is 2.17. The second kappa shape index (κ2) is 5.96. The van der Waals surface area contributed by atoms with Gasteiger partial charge in [0, 0.05) is 14.9 Å². The molecule has 0 amide bonds. The van der Waals surface area contributed by atoms with Gasteiger partial charge in [-0.2, -0.15) is 0 Å². The van der Waals surface area contributed by atoms with Gasteiger partial charge < -0.3 is 4.42 Å². The largest absolute Gasteiger partial charge is 0.454 e. The van der Waals surface area contributed by atoms with Gasteiger partial charge in [-0.1, -0.05) is 54.6 Å². The van der Waals surface area contributed by atoms with E-state index in [1.54, 1.807) is 12.4 Å². The summed E-state index contributed by atoms with van der Waals surface area (Å²) in [6.07, 6.45) is 1.76. The van der Waals surface area contributed by atoms with E-state index in [1.807, 2.05) is 59.2 Å². The van der Waals surface area contributed by atoms with Crippen LogP contribution >= 0.6 is 0 Å². The average molecular weight is 401 g/mol. The maximum atomic E-state index is 8.19.